The molecule has 9 nitrogen and oxygen atoms in total. The van der Waals surface area contributed by atoms with E-state index in [-0.39, 0.29) is 59.2 Å². The molecular formula is C31H30Cl2N2NaO7-. The topological polar surface area (TPSA) is 147 Å². The normalized spacial score (nSPS) is 21.6. The van der Waals surface area contributed by atoms with Gasteiger partial charge in [0.25, 0.3) is 5.91 Å². The van der Waals surface area contributed by atoms with Crippen molar-refractivity contribution in [2.24, 2.45) is 5.16 Å². The molecule has 0 bridgehead atoms. The van der Waals surface area contributed by atoms with Crippen molar-refractivity contribution in [1.29, 1.82) is 0 Å². The molecular weight excluding hydrogens is 606 g/mol. The molecule has 1 fully saturated rings. The Balaban J connectivity index is 0.00000253. The maximum Gasteiger partial charge on any atom is 1.00 e. The Bertz CT molecular complexity index is 1460. The molecule has 0 radical (unpaired) electrons. The standard InChI is InChI=1S/C31H28Cl2N2O6.Na.H2O/c32-20-12-13-24(25(33)17-20)29-28(30(38)34-41-18-19-6-5-7-21(16-19)40-15-14-36)22-8-1-2-9-23(22)31(39)35(29)26-10-3-4-11-27(26)37;;/h1-2,5-9,12-13,16-17,26-29H,3-4,10-11,15,18H2,(H,34,38);;1H2/q-2;+1;/t26-,27-,28+,29-;;/m0../s1. The van der Waals surface area contributed by atoms with Crippen LogP contribution in [0.2, 0.25) is 10.0 Å². The number of halogens is 2. The maximum atomic E-state index is 14.0. The van der Waals surface area contributed by atoms with Crippen LogP contribution in [0.25, 0.3) is 0 Å². The van der Waals surface area contributed by atoms with Gasteiger partial charge in [-0.25, -0.2) is 6.29 Å². The van der Waals surface area contributed by atoms with Gasteiger partial charge in [-0.2, -0.15) is 0 Å². The fourth-order valence-electron chi connectivity index (χ4n) is 5.72. The number of carbonyl (C=O) groups is 1. The Morgan fingerprint density at radius 2 is 1.79 bits per heavy atom. The molecule has 1 aliphatic heterocycles. The second kappa shape index (κ2) is 15.9. The summed E-state index contributed by atoms with van der Waals surface area (Å²) in [5.74, 6) is -1.46. The van der Waals surface area contributed by atoms with Gasteiger partial charge in [0.2, 0.25) is 0 Å². The molecule has 4 atom stereocenters. The van der Waals surface area contributed by atoms with Crippen molar-refractivity contribution >= 4 is 41.3 Å². The van der Waals surface area contributed by atoms with Gasteiger partial charge in [0.15, 0.2) is 0 Å². The van der Waals surface area contributed by atoms with E-state index in [4.69, 9.17) is 32.8 Å². The summed E-state index contributed by atoms with van der Waals surface area (Å²) in [6, 6.07) is 17.1. The zero-order valence-electron chi connectivity index (χ0n) is 23.6. The van der Waals surface area contributed by atoms with E-state index in [1.165, 1.54) is 0 Å². The molecule has 3 aromatic carbocycles. The summed E-state index contributed by atoms with van der Waals surface area (Å²) in [6.45, 7) is -0.244. The first-order valence-electron chi connectivity index (χ1n) is 13.3. The number of oxime groups is 1. The van der Waals surface area contributed by atoms with Gasteiger partial charge < -0.3 is 35.0 Å². The second-order valence-corrected chi connectivity index (χ2v) is 10.9. The van der Waals surface area contributed by atoms with E-state index >= 15 is 0 Å². The Kier molecular flexibility index (Phi) is 12.9. The molecule has 12 heteroatoms. The third kappa shape index (κ3) is 7.72. The minimum absolute atomic E-state index is 0. The molecule has 0 saturated heterocycles. The van der Waals surface area contributed by atoms with Crippen molar-refractivity contribution in [3.05, 3.63) is 99.0 Å². The summed E-state index contributed by atoms with van der Waals surface area (Å²) >= 11 is 12.9. The molecule has 2 aliphatic rings. The smallest absolute Gasteiger partial charge is 0.859 e. The number of nitrogens with zero attached hydrogens (tertiary/aromatic N) is 2. The zero-order chi connectivity index (χ0) is 28.9. The summed E-state index contributed by atoms with van der Waals surface area (Å²) in [7, 11) is 0. The van der Waals surface area contributed by atoms with Gasteiger partial charge in [-0.05, 0) is 60.0 Å². The largest absolute Gasteiger partial charge is 1.00 e. The fourth-order valence-corrected chi connectivity index (χ4v) is 6.24. The number of fused-ring (bicyclic) bond motifs is 1. The van der Waals surface area contributed by atoms with E-state index in [0.717, 1.165) is 12.8 Å². The summed E-state index contributed by atoms with van der Waals surface area (Å²) in [5, 5.41) is 31.8. The van der Waals surface area contributed by atoms with Gasteiger partial charge in [-0.1, -0.05) is 78.9 Å². The van der Waals surface area contributed by atoms with Crippen LogP contribution in [0.5, 0.6) is 5.75 Å². The minimum Gasteiger partial charge on any atom is -0.859 e. The number of benzene rings is 3. The van der Waals surface area contributed by atoms with Gasteiger partial charge in [0.1, 0.15) is 12.4 Å². The van der Waals surface area contributed by atoms with Crippen LogP contribution in [0.3, 0.4) is 0 Å². The Labute approximate surface area is 282 Å². The first-order valence-corrected chi connectivity index (χ1v) is 14.1. The number of carbonyl (C=O) groups excluding carboxylic acids is 2. The molecule has 3 N–H and O–H groups in total. The maximum absolute atomic E-state index is 14.0. The van der Waals surface area contributed by atoms with Gasteiger partial charge >= 0.3 is 29.6 Å². The number of amides is 1. The van der Waals surface area contributed by atoms with Gasteiger partial charge in [-0.3, -0.25) is 4.79 Å². The number of hydrogen-bond donors (Lipinski definition) is 0. The predicted molar refractivity (Wildman–Crippen MR) is 155 cm³/mol. The van der Waals surface area contributed by atoms with Crippen molar-refractivity contribution in [2.45, 2.75) is 56.4 Å². The quantitative estimate of drug-likeness (QED) is 0.0831. The van der Waals surface area contributed by atoms with Crippen LogP contribution in [0.15, 0.2) is 71.9 Å². The number of hydrogen-bond acceptors (Lipinski definition) is 7. The van der Waals surface area contributed by atoms with Crippen LogP contribution >= 0.6 is 23.2 Å². The molecule has 1 heterocycles. The van der Waals surface area contributed by atoms with Crippen LogP contribution in [-0.2, 0) is 21.7 Å². The molecule has 0 unspecified atom stereocenters. The second-order valence-electron chi connectivity index (χ2n) is 10.1. The number of rotatable bonds is 9. The Morgan fingerprint density at radius 3 is 2.53 bits per heavy atom. The van der Waals surface area contributed by atoms with Crippen molar-refractivity contribution in [3.8, 4) is 5.75 Å². The van der Waals surface area contributed by atoms with Crippen molar-refractivity contribution in [3.63, 3.8) is 0 Å². The summed E-state index contributed by atoms with van der Waals surface area (Å²) in [5.41, 5.74) is 2.00. The summed E-state index contributed by atoms with van der Waals surface area (Å²) < 4.78 is 5.27. The molecule has 43 heavy (non-hydrogen) atoms. The molecule has 0 spiro atoms. The molecule has 0 aromatic heterocycles. The molecule has 3 aromatic rings. The Morgan fingerprint density at radius 1 is 1.02 bits per heavy atom. The average Bonchev–Trinajstić information content (AvgIpc) is 2.97. The first-order chi connectivity index (χ1) is 19.9. The summed E-state index contributed by atoms with van der Waals surface area (Å²) in [4.78, 5) is 31.5. The third-order valence-electron chi connectivity index (χ3n) is 7.53. The molecule has 222 valence electrons. The van der Waals surface area contributed by atoms with Gasteiger partial charge in [0.05, 0.1) is 6.04 Å². The number of ether oxygens (including phenoxy) is 1. The van der Waals surface area contributed by atoms with Crippen LogP contribution in [0, 0.1) is 0 Å². The van der Waals surface area contributed by atoms with Crippen LogP contribution in [-0.4, -0.2) is 41.7 Å². The molecule has 1 aliphatic carbocycles. The zero-order valence-corrected chi connectivity index (χ0v) is 27.1. The molecule has 1 saturated carbocycles. The average molecular weight is 636 g/mol. The first kappa shape index (κ1) is 34.9. The fraction of sp³-hybridized carbons (Fsp3) is 0.323. The van der Waals surface area contributed by atoms with Gasteiger partial charge in [-0.15, -0.1) is 11.3 Å². The van der Waals surface area contributed by atoms with E-state index in [9.17, 15) is 19.8 Å². The van der Waals surface area contributed by atoms with Crippen LogP contribution in [0.4, 0.5) is 0 Å². The molecule has 5 rings (SSSR count). The Hall–Kier alpha value is -2.63. The van der Waals surface area contributed by atoms with Crippen molar-refractivity contribution in [2.75, 3.05) is 6.61 Å². The van der Waals surface area contributed by atoms with E-state index in [0.29, 0.717) is 45.9 Å². The SMILES string of the molecule is O=[C-]COc1cccc(CO/N=C(/[O-])[C@@H]2c3ccccc3C(=O)N([C@H]3CCCC[C@@H]3[O-])[C@H]2c2ccc(Cl)cc2Cl)c1.[Na+].[OH3+]. The third-order valence-corrected chi connectivity index (χ3v) is 8.09. The van der Waals surface area contributed by atoms with E-state index < -0.39 is 30.0 Å². The van der Waals surface area contributed by atoms with Crippen molar-refractivity contribution in [1.82, 2.24) is 4.90 Å². The monoisotopic (exact) mass is 635 g/mol. The van der Waals surface area contributed by atoms with Crippen LogP contribution < -0.4 is 44.5 Å². The van der Waals surface area contributed by atoms with E-state index in [2.05, 4.69) is 5.16 Å². The van der Waals surface area contributed by atoms with E-state index in [1.807, 2.05) is 0 Å². The van der Waals surface area contributed by atoms with Crippen LogP contribution in [0.1, 0.15) is 64.7 Å². The predicted octanol–water partition coefficient (Wildman–Crippen LogP) is 0.407. The summed E-state index contributed by atoms with van der Waals surface area (Å²) in [6.07, 6.45) is 3.23. The van der Waals surface area contributed by atoms with E-state index in [1.54, 1.807) is 77.9 Å². The minimum atomic E-state index is -0.998. The van der Waals surface area contributed by atoms with Gasteiger partial charge in [0, 0.05) is 33.5 Å². The molecule has 1 amide bonds. The van der Waals surface area contributed by atoms with Crippen molar-refractivity contribution < 1.29 is 64.4 Å².